The van der Waals surface area contributed by atoms with Crippen LogP contribution in [-0.4, -0.2) is 96.7 Å². The van der Waals surface area contributed by atoms with Gasteiger partial charge in [0.1, 0.15) is 19.3 Å². The second-order valence-corrected chi connectivity index (χ2v) is 33.4. The van der Waals surface area contributed by atoms with Gasteiger partial charge in [-0.2, -0.15) is 0 Å². The van der Waals surface area contributed by atoms with Gasteiger partial charge in [0, 0.05) is 25.7 Å². The Morgan fingerprint density at radius 3 is 0.752 bits per heavy atom. The molecule has 0 aliphatic rings. The number of carbonyl (C=O) groups excluding carboxylic acids is 4. The molecule has 17 nitrogen and oxygen atoms in total. The molecule has 0 heterocycles. The minimum atomic E-state index is -4.96. The third-order valence-electron chi connectivity index (χ3n) is 19.9. The van der Waals surface area contributed by atoms with Crippen molar-refractivity contribution in [2.75, 3.05) is 39.6 Å². The van der Waals surface area contributed by atoms with Crippen LogP contribution in [0, 0.1) is 17.8 Å². The van der Waals surface area contributed by atoms with Crippen LogP contribution in [0.4, 0.5) is 0 Å². The summed E-state index contributed by atoms with van der Waals surface area (Å²) in [7, 11) is -9.92. The number of aliphatic hydroxyl groups excluding tert-OH is 1. The molecule has 0 aliphatic carbocycles. The summed E-state index contributed by atoms with van der Waals surface area (Å²) in [4.78, 5) is 73.1. The molecule has 0 aromatic heterocycles. The van der Waals surface area contributed by atoms with Gasteiger partial charge >= 0.3 is 39.5 Å². The Bertz CT molecular complexity index is 1960. The summed E-state index contributed by atoms with van der Waals surface area (Å²) in [5, 5.41) is 10.7. The van der Waals surface area contributed by atoms with Gasteiger partial charge in [-0.05, 0) is 43.4 Å². The van der Waals surface area contributed by atoms with Crippen molar-refractivity contribution >= 4 is 39.5 Å². The van der Waals surface area contributed by atoms with Gasteiger partial charge < -0.3 is 33.8 Å². The molecule has 0 saturated heterocycles. The van der Waals surface area contributed by atoms with E-state index in [0.717, 1.165) is 108 Å². The molecule has 0 spiro atoms. The van der Waals surface area contributed by atoms with Crippen LogP contribution < -0.4 is 0 Å². The highest BCUT2D eigenvalue weighted by Crippen LogP contribution is 2.45. The van der Waals surface area contributed by atoms with E-state index < -0.39 is 97.5 Å². The maximum Gasteiger partial charge on any atom is 0.472 e. The van der Waals surface area contributed by atoms with Gasteiger partial charge in [0.15, 0.2) is 12.2 Å². The average Bonchev–Trinajstić information content (AvgIpc) is 0.939. The van der Waals surface area contributed by atoms with Crippen LogP contribution in [0.1, 0.15) is 427 Å². The number of hydrogen-bond donors (Lipinski definition) is 3. The molecule has 0 fully saturated rings. The minimum absolute atomic E-state index is 0.106. The summed E-state index contributed by atoms with van der Waals surface area (Å²) in [5.74, 6) is 0.281. The molecule has 600 valence electrons. The van der Waals surface area contributed by atoms with Crippen molar-refractivity contribution in [2.45, 2.75) is 446 Å². The number of ether oxygens (including phenoxy) is 4. The fourth-order valence-corrected chi connectivity index (χ4v) is 14.2. The predicted molar refractivity (Wildman–Crippen MR) is 414 cm³/mol. The maximum absolute atomic E-state index is 13.1. The fraction of sp³-hybridized carbons (Fsp3) is 0.951. The van der Waals surface area contributed by atoms with Crippen molar-refractivity contribution in [2.24, 2.45) is 17.8 Å². The number of phosphoric ester groups is 2. The average molecular weight is 1480 g/mol. The highest BCUT2D eigenvalue weighted by molar-refractivity contribution is 7.47. The summed E-state index contributed by atoms with van der Waals surface area (Å²) in [6, 6.07) is 0. The van der Waals surface area contributed by atoms with E-state index >= 15 is 0 Å². The van der Waals surface area contributed by atoms with Gasteiger partial charge in [-0.25, -0.2) is 9.13 Å². The van der Waals surface area contributed by atoms with Gasteiger partial charge in [-0.3, -0.25) is 37.3 Å². The lowest BCUT2D eigenvalue weighted by Gasteiger charge is -2.21. The van der Waals surface area contributed by atoms with Gasteiger partial charge in [0.05, 0.1) is 26.4 Å². The summed E-state index contributed by atoms with van der Waals surface area (Å²) < 4.78 is 68.8. The van der Waals surface area contributed by atoms with E-state index in [4.69, 9.17) is 37.0 Å². The zero-order valence-electron chi connectivity index (χ0n) is 66.4. The molecule has 0 aromatic carbocycles. The molecule has 19 heteroatoms. The maximum atomic E-state index is 13.1. The van der Waals surface area contributed by atoms with Crippen molar-refractivity contribution in [3.8, 4) is 0 Å². The SMILES string of the molecule is CCCCCCCCCCCCCCCCCCC(=O)OC[C@H](COP(=O)(O)OC[C@@H](O)COP(=O)(O)OC[C@@H](COC(=O)CCCCCCCCCCC(C)CC)OC(=O)CCCCCCCCCCCCC(C)CC)OC(=O)CCCCCCCCCCCCCCCCCCC(C)C. The Labute approximate surface area is 619 Å². The first-order chi connectivity index (χ1) is 48.8. The third kappa shape index (κ3) is 73.4. The van der Waals surface area contributed by atoms with E-state index in [0.29, 0.717) is 25.7 Å². The van der Waals surface area contributed by atoms with Crippen LogP contribution in [0.3, 0.4) is 0 Å². The predicted octanol–water partition coefficient (Wildman–Crippen LogP) is 24.5. The zero-order chi connectivity index (χ0) is 74.4. The Balaban J connectivity index is 5.27. The molecule has 0 saturated carbocycles. The standard InChI is InChI=1S/C82H160O17P2/c1-8-11-12-13-14-15-16-17-18-22-25-28-34-42-49-56-63-79(84)92-69-77(98-81(86)65-58-51-44-35-29-26-23-20-19-21-24-27-32-39-46-53-60-73(4)5)71-96-100(88,89)94-67-76(83)68-95-101(90,91)97-72-78(70-93-80(85)64-57-50-43-38-37-41-48-55-62-75(7)10-3)99-82(87)66-59-52-45-36-31-30-33-40-47-54-61-74(6)9-2/h73-78,83H,8-72H2,1-7H3,(H,88,89)(H,90,91)/t74?,75?,76-,77-,78-/m1/s1. The molecule has 4 unspecified atom stereocenters. The van der Waals surface area contributed by atoms with Crippen molar-refractivity contribution < 1.29 is 80.2 Å². The van der Waals surface area contributed by atoms with Crippen LogP contribution in [0.15, 0.2) is 0 Å². The topological polar surface area (TPSA) is 237 Å². The number of esters is 4. The highest BCUT2D eigenvalue weighted by atomic mass is 31.2. The van der Waals surface area contributed by atoms with E-state index in [1.165, 1.54) is 238 Å². The zero-order valence-corrected chi connectivity index (χ0v) is 68.2. The van der Waals surface area contributed by atoms with E-state index in [1.807, 2.05) is 0 Å². The van der Waals surface area contributed by atoms with Crippen molar-refractivity contribution in [1.82, 2.24) is 0 Å². The number of hydrogen-bond acceptors (Lipinski definition) is 15. The first-order valence-corrected chi connectivity index (χ1v) is 45.4. The molecule has 0 aromatic rings. The normalized spacial score (nSPS) is 14.5. The van der Waals surface area contributed by atoms with Gasteiger partial charge in [-0.1, -0.05) is 376 Å². The molecular weight excluding hydrogens is 1320 g/mol. The smallest absolute Gasteiger partial charge is 0.462 e. The van der Waals surface area contributed by atoms with Crippen LogP contribution >= 0.6 is 15.6 Å². The summed E-state index contributed by atoms with van der Waals surface area (Å²) in [6.07, 6.45) is 60.9. The van der Waals surface area contributed by atoms with Gasteiger partial charge in [-0.15, -0.1) is 0 Å². The monoisotopic (exact) mass is 1480 g/mol. The van der Waals surface area contributed by atoms with Crippen molar-refractivity contribution in [3.05, 3.63) is 0 Å². The Kier molecular flexibility index (Phi) is 70.9. The Morgan fingerprint density at radius 2 is 0.505 bits per heavy atom. The van der Waals surface area contributed by atoms with Crippen molar-refractivity contribution in [1.29, 1.82) is 0 Å². The number of unbranched alkanes of at least 4 members (excludes halogenated alkanes) is 46. The molecule has 0 rings (SSSR count). The molecule has 3 N–H and O–H groups in total. The van der Waals surface area contributed by atoms with Crippen LogP contribution in [0.5, 0.6) is 0 Å². The number of carbonyl (C=O) groups is 4. The van der Waals surface area contributed by atoms with Gasteiger partial charge in [0.2, 0.25) is 0 Å². The van der Waals surface area contributed by atoms with Gasteiger partial charge in [0.25, 0.3) is 0 Å². The first-order valence-electron chi connectivity index (χ1n) is 42.4. The molecular formula is C82H160O17P2. The molecule has 7 atom stereocenters. The van der Waals surface area contributed by atoms with E-state index in [-0.39, 0.29) is 25.7 Å². The van der Waals surface area contributed by atoms with E-state index in [1.54, 1.807) is 0 Å². The fourth-order valence-electron chi connectivity index (χ4n) is 12.6. The number of rotatable bonds is 80. The second kappa shape index (κ2) is 72.3. The molecule has 0 radical (unpaired) electrons. The lowest BCUT2D eigenvalue weighted by molar-refractivity contribution is -0.161. The lowest BCUT2D eigenvalue weighted by Crippen LogP contribution is -2.30. The number of aliphatic hydroxyl groups is 1. The van der Waals surface area contributed by atoms with Crippen LogP contribution in [0.25, 0.3) is 0 Å². The largest absolute Gasteiger partial charge is 0.472 e. The molecule has 0 amide bonds. The molecule has 0 aliphatic heterocycles. The minimum Gasteiger partial charge on any atom is -0.462 e. The first kappa shape index (κ1) is 99.1. The second-order valence-electron chi connectivity index (χ2n) is 30.5. The Hall–Kier alpha value is -1.94. The van der Waals surface area contributed by atoms with E-state index in [9.17, 15) is 43.2 Å². The molecule has 0 bridgehead atoms. The van der Waals surface area contributed by atoms with Crippen molar-refractivity contribution in [3.63, 3.8) is 0 Å². The highest BCUT2D eigenvalue weighted by Gasteiger charge is 2.30. The Morgan fingerprint density at radius 1 is 0.287 bits per heavy atom. The quantitative estimate of drug-likeness (QED) is 0.0222. The summed E-state index contributed by atoms with van der Waals surface area (Å²) >= 11 is 0. The number of phosphoric acid groups is 2. The van der Waals surface area contributed by atoms with Crippen LogP contribution in [-0.2, 0) is 65.4 Å². The third-order valence-corrected chi connectivity index (χ3v) is 21.8. The lowest BCUT2D eigenvalue weighted by atomic mass is 9.99. The molecule has 101 heavy (non-hydrogen) atoms. The summed E-state index contributed by atoms with van der Waals surface area (Å²) in [5.41, 5.74) is 0. The van der Waals surface area contributed by atoms with Crippen LogP contribution in [0.2, 0.25) is 0 Å². The summed E-state index contributed by atoms with van der Waals surface area (Å²) in [6.45, 7) is 12.0. The van der Waals surface area contributed by atoms with E-state index in [2.05, 4.69) is 48.5 Å².